The average molecular weight is 449 g/mol. The summed E-state index contributed by atoms with van der Waals surface area (Å²) in [6.45, 7) is 1.98. The number of fused-ring (bicyclic) bond motifs is 1. The van der Waals surface area contributed by atoms with Crippen LogP contribution in [-0.2, 0) is 0 Å². The van der Waals surface area contributed by atoms with Gasteiger partial charge in [-0.2, -0.15) is 9.78 Å². The first-order valence-electron chi connectivity index (χ1n) is 9.36. The fourth-order valence-electron chi connectivity index (χ4n) is 3.54. The van der Waals surface area contributed by atoms with Crippen molar-refractivity contribution in [2.24, 2.45) is 0 Å². The largest absolute Gasteiger partial charge is 0.444 e. The molecule has 3 aromatic heterocycles. The summed E-state index contributed by atoms with van der Waals surface area (Å²) in [7, 11) is 0. The van der Waals surface area contributed by atoms with Gasteiger partial charge in [-0.1, -0.05) is 29.3 Å². The van der Waals surface area contributed by atoms with Crippen LogP contribution in [0.3, 0.4) is 0 Å². The third-order valence-corrected chi connectivity index (χ3v) is 5.48. The van der Waals surface area contributed by atoms with Gasteiger partial charge >= 0.3 is 0 Å². The number of pyridine rings is 1. The standard InChI is InChI=1S/C23H14Cl2N4O2/c1-13-8-14(19-11-26-12-31-19)10-15(9-13)20-16-4-3-7-27-21(16)23(30)29(28-20)22-17(24)5-2-6-18(22)25/h2-12H,1H3. The van der Waals surface area contributed by atoms with Crippen molar-refractivity contribution in [3.05, 3.63) is 93.3 Å². The van der Waals surface area contributed by atoms with E-state index in [0.29, 0.717) is 32.6 Å². The Morgan fingerprint density at radius 3 is 2.52 bits per heavy atom. The lowest BCUT2D eigenvalue weighted by atomic mass is 10.0. The molecule has 0 saturated heterocycles. The Kier molecular flexibility index (Phi) is 4.81. The predicted octanol–water partition coefficient (Wildman–Crippen LogP) is 5.72. The van der Waals surface area contributed by atoms with Gasteiger partial charge in [-0.3, -0.25) is 9.78 Å². The molecule has 0 N–H and O–H groups in total. The van der Waals surface area contributed by atoms with Crippen molar-refractivity contribution in [2.45, 2.75) is 6.92 Å². The maximum Gasteiger partial charge on any atom is 0.298 e. The molecule has 0 atom stereocenters. The summed E-state index contributed by atoms with van der Waals surface area (Å²) in [5.74, 6) is 0.634. The van der Waals surface area contributed by atoms with Crippen LogP contribution < -0.4 is 5.56 Å². The van der Waals surface area contributed by atoms with Gasteiger partial charge in [0, 0.05) is 22.7 Å². The molecule has 0 aliphatic carbocycles. The van der Waals surface area contributed by atoms with Crippen molar-refractivity contribution in [1.29, 1.82) is 0 Å². The molecule has 152 valence electrons. The highest BCUT2D eigenvalue weighted by atomic mass is 35.5. The minimum Gasteiger partial charge on any atom is -0.444 e. The maximum absolute atomic E-state index is 13.2. The van der Waals surface area contributed by atoms with Crippen molar-refractivity contribution in [3.63, 3.8) is 0 Å². The summed E-state index contributed by atoms with van der Waals surface area (Å²) < 4.78 is 6.68. The van der Waals surface area contributed by atoms with E-state index in [2.05, 4.69) is 15.1 Å². The van der Waals surface area contributed by atoms with Crippen LogP contribution >= 0.6 is 23.2 Å². The molecule has 3 heterocycles. The second-order valence-corrected chi connectivity index (χ2v) is 7.80. The Hall–Kier alpha value is -3.48. The lowest BCUT2D eigenvalue weighted by molar-refractivity contribution is 0.572. The van der Waals surface area contributed by atoms with E-state index in [1.54, 1.807) is 36.7 Å². The fourth-order valence-corrected chi connectivity index (χ4v) is 4.10. The number of aryl methyl sites for hydroxylation is 1. The number of para-hydroxylation sites is 1. The van der Waals surface area contributed by atoms with Crippen LogP contribution in [-0.4, -0.2) is 19.7 Å². The van der Waals surface area contributed by atoms with E-state index in [0.717, 1.165) is 16.7 Å². The third kappa shape index (κ3) is 3.40. The van der Waals surface area contributed by atoms with Crippen LogP contribution in [0.5, 0.6) is 0 Å². The summed E-state index contributed by atoms with van der Waals surface area (Å²) in [5.41, 5.74) is 3.39. The first-order valence-corrected chi connectivity index (χ1v) is 10.1. The van der Waals surface area contributed by atoms with Gasteiger partial charge in [-0.05, 0) is 55.0 Å². The molecule has 0 radical (unpaired) electrons. The zero-order chi connectivity index (χ0) is 21.5. The monoisotopic (exact) mass is 448 g/mol. The molecule has 0 aliphatic rings. The lowest BCUT2D eigenvalue weighted by Gasteiger charge is -2.14. The first kappa shape index (κ1) is 19.5. The van der Waals surface area contributed by atoms with E-state index in [1.807, 2.05) is 31.2 Å². The predicted molar refractivity (Wildman–Crippen MR) is 121 cm³/mol. The summed E-state index contributed by atoms with van der Waals surface area (Å²) in [5, 5.41) is 5.93. The first-order chi connectivity index (χ1) is 15.0. The van der Waals surface area contributed by atoms with E-state index >= 15 is 0 Å². The second-order valence-electron chi connectivity index (χ2n) is 6.99. The number of hydrogen-bond acceptors (Lipinski definition) is 5. The second kappa shape index (κ2) is 7.65. The quantitative estimate of drug-likeness (QED) is 0.352. The molecule has 0 unspecified atom stereocenters. The van der Waals surface area contributed by atoms with Gasteiger partial charge in [0.25, 0.3) is 5.56 Å². The van der Waals surface area contributed by atoms with Crippen LogP contribution in [0.1, 0.15) is 5.56 Å². The summed E-state index contributed by atoms with van der Waals surface area (Å²) in [6.07, 6.45) is 4.60. The van der Waals surface area contributed by atoms with Crippen LogP contribution in [0.25, 0.3) is 39.2 Å². The summed E-state index contributed by atoms with van der Waals surface area (Å²) in [6, 6.07) is 14.5. The van der Waals surface area contributed by atoms with Gasteiger partial charge in [0.2, 0.25) is 0 Å². The Balaban J connectivity index is 1.85. The highest BCUT2D eigenvalue weighted by molar-refractivity contribution is 6.37. The van der Waals surface area contributed by atoms with Crippen LogP contribution in [0.2, 0.25) is 10.0 Å². The lowest BCUT2D eigenvalue weighted by Crippen LogP contribution is -2.23. The van der Waals surface area contributed by atoms with E-state index in [4.69, 9.17) is 27.6 Å². The number of benzene rings is 2. The number of hydrogen-bond donors (Lipinski definition) is 0. The Morgan fingerprint density at radius 1 is 1.00 bits per heavy atom. The molecule has 8 heteroatoms. The average Bonchev–Trinajstić information content (AvgIpc) is 3.30. The highest BCUT2D eigenvalue weighted by Crippen LogP contribution is 2.32. The molecule has 0 bridgehead atoms. The van der Waals surface area contributed by atoms with Crippen LogP contribution in [0.4, 0.5) is 0 Å². The van der Waals surface area contributed by atoms with Gasteiger partial charge in [0.1, 0.15) is 16.9 Å². The molecule has 6 nitrogen and oxygen atoms in total. The summed E-state index contributed by atoms with van der Waals surface area (Å²) in [4.78, 5) is 21.6. The molecule has 0 amide bonds. The SMILES string of the molecule is Cc1cc(-c2cnco2)cc(-c2nn(-c3c(Cl)cccc3Cl)c(=O)c3ncccc23)c1. The minimum absolute atomic E-state index is 0.270. The van der Waals surface area contributed by atoms with Gasteiger partial charge < -0.3 is 4.42 Å². The van der Waals surface area contributed by atoms with Crippen molar-refractivity contribution >= 4 is 34.1 Å². The molecular formula is C23H14Cl2N4O2. The van der Waals surface area contributed by atoms with Gasteiger partial charge in [-0.15, -0.1) is 0 Å². The Labute approximate surface area is 186 Å². The number of aromatic nitrogens is 4. The van der Waals surface area contributed by atoms with Gasteiger partial charge in [0.15, 0.2) is 12.2 Å². The van der Waals surface area contributed by atoms with E-state index in [9.17, 15) is 4.79 Å². The maximum atomic E-state index is 13.2. The Morgan fingerprint density at radius 2 is 1.77 bits per heavy atom. The smallest absolute Gasteiger partial charge is 0.298 e. The fraction of sp³-hybridized carbons (Fsp3) is 0.0435. The number of nitrogens with zero attached hydrogens (tertiary/aromatic N) is 4. The minimum atomic E-state index is -0.405. The zero-order valence-corrected chi connectivity index (χ0v) is 17.7. The van der Waals surface area contributed by atoms with Crippen molar-refractivity contribution < 1.29 is 4.42 Å². The van der Waals surface area contributed by atoms with Crippen molar-refractivity contribution in [2.75, 3.05) is 0 Å². The zero-order valence-electron chi connectivity index (χ0n) is 16.2. The topological polar surface area (TPSA) is 73.8 Å². The normalized spacial score (nSPS) is 11.2. The third-order valence-electron chi connectivity index (χ3n) is 4.87. The van der Waals surface area contributed by atoms with Gasteiger partial charge in [0.05, 0.1) is 16.2 Å². The molecule has 2 aromatic carbocycles. The molecule has 5 rings (SSSR count). The Bertz CT molecular complexity index is 1470. The molecule has 0 aliphatic heterocycles. The molecule has 5 aromatic rings. The number of halogens is 2. The molecular weight excluding hydrogens is 435 g/mol. The summed E-state index contributed by atoms with van der Waals surface area (Å²) >= 11 is 12.8. The van der Waals surface area contributed by atoms with Crippen LogP contribution in [0.15, 0.2) is 76.5 Å². The molecule has 31 heavy (non-hydrogen) atoms. The van der Waals surface area contributed by atoms with E-state index in [1.165, 1.54) is 11.1 Å². The number of oxazole rings is 1. The molecule has 0 spiro atoms. The van der Waals surface area contributed by atoms with E-state index < -0.39 is 5.56 Å². The number of rotatable bonds is 3. The highest BCUT2D eigenvalue weighted by Gasteiger charge is 2.18. The van der Waals surface area contributed by atoms with Gasteiger partial charge in [-0.25, -0.2) is 4.98 Å². The van der Waals surface area contributed by atoms with Crippen molar-refractivity contribution in [3.8, 4) is 28.3 Å². The van der Waals surface area contributed by atoms with Crippen LogP contribution in [0, 0.1) is 6.92 Å². The molecule has 0 fully saturated rings. The molecule has 0 saturated carbocycles. The van der Waals surface area contributed by atoms with Crippen molar-refractivity contribution in [1.82, 2.24) is 19.7 Å². The van der Waals surface area contributed by atoms with E-state index in [-0.39, 0.29) is 5.52 Å².